The molecule has 2 aromatic heterocycles. The Labute approximate surface area is 477 Å². The third kappa shape index (κ3) is 14.9. The average molecular weight is 1170 g/mol. The fraction of sp³-hybridized carbons (Fsp3) is 0.414. The largest absolute Gasteiger partial charge is 0.456 e. The summed E-state index contributed by atoms with van der Waals surface area (Å²) in [5.41, 5.74) is 4.78. The van der Waals surface area contributed by atoms with E-state index in [-0.39, 0.29) is 61.0 Å². The predicted octanol–water partition coefficient (Wildman–Crippen LogP) is 4.77. The van der Waals surface area contributed by atoms with Crippen LogP contribution in [0.1, 0.15) is 76.8 Å². The van der Waals surface area contributed by atoms with Crippen molar-refractivity contribution >= 4 is 65.9 Å². The molecule has 7 N–H and O–H groups in total. The number of hydrogen-bond acceptors (Lipinski definition) is 12. The zero-order chi connectivity index (χ0) is 58.0. The van der Waals surface area contributed by atoms with Gasteiger partial charge in [-0.2, -0.15) is 8.42 Å². The molecule has 8 rings (SSSR count). The summed E-state index contributed by atoms with van der Waals surface area (Å²) in [7, 11) is -5.74. The molecule has 81 heavy (non-hydrogen) atoms. The molecule has 0 unspecified atom stereocenters. The second-order valence-electron chi connectivity index (χ2n) is 20.5. The number of unbranched alkanes of at least 4 members (excludes halogenated alkanes) is 1. The van der Waals surface area contributed by atoms with Gasteiger partial charge in [-0.15, -0.1) is 11.3 Å². The molecule has 2 aliphatic heterocycles. The highest BCUT2D eigenvalue weighted by Crippen LogP contribution is 2.43. The van der Waals surface area contributed by atoms with E-state index in [9.17, 15) is 35.8 Å². The lowest BCUT2D eigenvalue weighted by Gasteiger charge is -2.31. The van der Waals surface area contributed by atoms with Gasteiger partial charge in [0.25, 0.3) is 10.1 Å². The van der Waals surface area contributed by atoms with Crippen LogP contribution in [0.15, 0.2) is 117 Å². The monoisotopic (exact) mass is 1170 g/mol. The first-order chi connectivity index (χ1) is 38.8. The molecular weight excluding hydrogens is 1090 g/mol. The van der Waals surface area contributed by atoms with Crippen LogP contribution in [0.25, 0.3) is 33.4 Å². The fourth-order valence-corrected chi connectivity index (χ4v) is 13.1. The van der Waals surface area contributed by atoms with Gasteiger partial charge < -0.3 is 34.7 Å². The molecule has 0 radical (unpaired) electrons. The van der Waals surface area contributed by atoms with Gasteiger partial charge in [0.15, 0.2) is 4.80 Å². The minimum Gasteiger partial charge on any atom is -0.456 e. The average Bonchev–Trinajstić information content (AvgIpc) is 4.09. The Morgan fingerprint density at radius 1 is 0.889 bits per heavy atom. The highest BCUT2D eigenvalue weighted by Gasteiger charge is 2.32. The van der Waals surface area contributed by atoms with Crippen LogP contribution in [0.5, 0.6) is 0 Å². The Balaban J connectivity index is 1.02. The Morgan fingerprint density at radius 2 is 1.62 bits per heavy atom. The fourth-order valence-electron chi connectivity index (χ4n) is 10.4. The number of aromatic amines is 1. The lowest BCUT2D eigenvalue weighted by Crippen LogP contribution is -2.56. The van der Waals surface area contributed by atoms with Crippen LogP contribution in [0, 0.1) is 5.41 Å². The topological polar surface area (TPSA) is 259 Å². The summed E-state index contributed by atoms with van der Waals surface area (Å²) < 4.78 is 80.5. The van der Waals surface area contributed by atoms with Gasteiger partial charge in [-0.25, -0.2) is 27.3 Å². The van der Waals surface area contributed by atoms with Crippen molar-refractivity contribution in [2.75, 3.05) is 57.8 Å². The molecule has 3 aliphatic rings. The third-order valence-corrected chi connectivity index (χ3v) is 18.3. The van der Waals surface area contributed by atoms with Crippen molar-refractivity contribution in [3.8, 4) is 22.5 Å². The molecule has 0 spiro atoms. The number of thiazole rings is 1. The highest BCUT2D eigenvalue weighted by molar-refractivity contribution is 7.89. The molecule has 1 fully saturated rings. The van der Waals surface area contributed by atoms with Crippen LogP contribution < -0.4 is 44.9 Å². The summed E-state index contributed by atoms with van der Waals surface area (Å²) in [6.45, 7) is 13.2. The first-order valence-corrected chi connectivity index (χ1v) is 31.4. The van der Waals surface area contributed by atoms with Crippen LogP contribution in [0.3, 0.4) is 0 Å². The number of rotatable bonds is 25. The molecule has 3 aromatic carbocycles. The molecule has 1 saturated heterocycles. The zero-order valence-electron chi connectivity index (χ0n) is 46.8. The van der Waals surface area contributed by atoms with Crippen molar-refractivity contribution in [1.29, 1.82) is 5.41 Å². The number of piperidine rings is 1. The Kier molecular flexibility index (Phi) is 19.8. The Bertz CT molecular complexity index is 3690. The van der Waals surface area contributed by atoms with E-state index in [1.165, 1.54) is 23.5 Å². The van der Waals surface area contributed by atoms with Crippen molar-refractivity contribution in [1.82, 2.24) is 39.7 Å². The van der Waals surface area contributed by atoms with E-state index in [1.807, 2.05) is 112 Å². The number of hydrogen-bond donors (Lipinski definition) is 7. The van der Waals surface area contributed by atoms with Gasteiger partial charge in [0.05, 0.1) is 17.4 Å². The number of sulfonamides is 1. The van der Waals surface area contributed by atoms with Gasteiger partial charge in [-0.1, -0.05) is 36.4 Å². The van der Waals surface area contributed by atoms with Gasteiger partial charge in [0.2, 0.25) is 39.4 Å². The highest BCUT2D eigenvalue weighted by atomic mass is 32.2. The first-order valence-electron chi connectivity index (χ1n) is 27.6. The Hall–Kier alpha value is -7.02. The van der Waals surface area contributed by atoms with Crippen LogP contribution in [0.4, 0.5) is 5.69 Å². The van der Waals surface area contributed by atoms with Crippen LogP contribution >= 0.6 is 11.3 Å². The minimum atomic E-state index is -5.04. The smallest absolute Gasteiger partial charge is 0.295 e. The number of benzene rings is 4. The summed E-state index contributed by atoms with van der Waals surface area (Å²) in [6, 6.07) is 22.6. The van der Waals surface area contributed by atoms with Crippen molar-refractivity contribution < 1.29 is 44.8 Å². The molecule has 0 saturated carbocycles. The van der Waals surface area contributed by atoms with Gasteiger partial charge in [-0.3, -0.25) is 24.3 Å². The number of H-pyrrole nitrogens is 1. The van der Waals surface area contributed by atoms with E-state index in [1.54, 1.807) is 23.3 Å². The molecule has 5 aromatic rings. The van der Waals surface area contributed by atoms with Crippen LogP contribution in [-0.2, 0) is 61.0 Å². The molecule has 23 heteroatoms. The van der Waals surface area contributed by atoms with Crippen molar-refractivity contribution in [2.24, 2.45) is 7.05 Å². The molecule has 20 nitrogen and oxygen atoms in total. The van der Waals surface area contributed by atoms with E-state index in [0.717, 1.165) is 74.8 Å². The molecule has 4 heterocycles. The summed E-state index contributed by atoms with van der Waals surface area (Å²) in [4.78, 5) is 49.1. The predicted molar refractivity (Wildman–Crippen MR) is 313 cm³/mol. The lowest BCUT2D eigenvalue weighted by atomic mass is 9.93. The minimum absolute atomic E-state index is 0.0569. The van der Waals surface area contributed by atoms with Gasteiger partial charge in [-0.05, 0) is 116 Å². The van der Waals surface area contributed by atoms with E-state index in [2.05, 4.69) is 40.0 Å². The summed E-state index contributed by atoms with van der Waals surface area (Å²) in [5.74, 6) is -0.990. The standard InChI is InChI=1S/C58H73N11O9S3/c1-7-68(8-2)42-19-22-46-51(31-42)78-52-32-43(69(9-3)10-4)20-23-47(52)55(46)48-24-21-45(34-53(48)81(75,76)77)80(73,74)61-27-15-14-18-49(63-54(70)33-44-37-79-58(59)66(44)6)56(71)64-50(57(72)62-40-25-28-65(5)29-26-40)30-41-36-67(38-60-41)35-39-16-12-11-13-17-39/h11-13,16-17,19-24,31-32,34,36-38,40,49-50,59,61H,7-10,14-15,18,25-30,33,35H2,1-6H3,(H3-,62,63,64,70,71,72,75,76,77)/p+2/t49-,50-/m0/s1. The number of anilines is 1. The van der Waals surface area contributed by atoms with E-state index in [4.69, 9.17) is 9.83 Å². The first kappa shape index (κ1) is 60.1. The molecular formula is C58H75N11O9S3+2. The Morgan fingerprint density at radius 3 is 2.30 bits per heavy atom. The molecule has 0 bridgehead atoms. The normalized spacial score (nSPS) is 14.2. The third-order valence-electron chi connectivity index (χ3n) is 15.1. The number of carbonyl (C=O) groups is 3. The maximum absolute atomic E-state index is 14.5. The van der Waals surface area contributed by atoms with Crippen LogP contribution in [-0.4, -0.2) is 125 Å². The zero-order valence-corrected chi connectivity index (χ0v) is 49.3. The molecule has 2 atom stereocenters. The second-order valence-corrected chi connectivity index (χ2v) is 24.5. The summed E-state index contributed by atoms with van der Waals surface area (Å²) in [5, 5.41) is 20.2. The van der Waals surface area contributed by atoms with Gasteiger partial charge in [0, 0.05) is 90.1 Å². The summed E-state index contributed by atoms with van der Waals surface area (Å²) >= 11 is 1.17. The number of imidazole rings is 1. The van der Waals surface area contributed by atoms with Crippen molar-refractivity contribution in [3.63, 3.8) is 0 Å². The SMILES string of the molecule is CCN(CC)c1ccc2c(-c3ccc(S(=O)(=O)NCCCC[C@H](NC(=O)Cc4csc(=N)n4C)C(=O)N[C@@H](Cc4c[n+](Cc5ccccc5)c[nH]4)C(=O)NC4CCN(C)CC4)cc3S(=O)(=O)O)c3ccc(=[N+](CC)CC)cc-3oc2c1. The van der Waals surface area contributed by atoms with Crippen molar-refractivity contribution in [3.05, 3.63) is 130 Å². The lowest BCUT2D eigenvalue weighted by molar-refractivity contribution is -0.687. The van der Waals surface area contributed by atoms with Crippen LogP contribution in [0.2, 0.25) is 0 Å². The summed E-state index contributed by atoms with van der Waals surface area (Å²) in [6.07, 6.45) is 5.65. The van der Waals surface area contributed by atoms with E-state index in [0.29, 0.717) is 45.8 Å². The number of nitrogens with one attached hydrogen (secondary N) is 6. The van der Waals surface area contributed by atoms with Crippen molar-refractivity contribution in [2.45, 2.75) is 107 Å². The van der Waals surface area contributed by atoms with Gasteiger partial charge in [0.1, 0.15) is 59.8 Å². The van der Waals surface area contributed by atoms with E-state index >= 15 is 0 Å². The number of carbonyl (C=O) groups excluding carboxylic acids is 3. The number of nitrogens with zero attached hydrogens (tertiary/aromatic N) is 5. The number of aromatic nitrogens is 3. The number of likely N-dealkylation sites (tertiary alicyclic amines) is 1. The number of fused-ring (bicyclic) bond motifs is 2. The maximum atomic E-state index is 14.5. The molecule has 3 amide bonds. The van der Waals surface area contributed by atoms with Gasteiger partial charge >= 0.3 is 0 Å². The quantitative estimate of drug-likeness (QED) is 0.0178. The molecule has 432 valence electrons. The molecule has 1 aliphatic carbocycles. The number of amides is 3. The maximum Gasteiger partial charge on any atom is 0.295 e. The van der Waals surface area contributed by atoms with E-state index < -0.39 is 53.8 Å². The second kappa shape index (κ2) is 26.7.